The van der Waals surface area contributed by atoms with Gasteiger partial charge in [0, 0.05) is 5.57 Å². The summed E-state index contributed by atoms with van der Waals surface area (Å²) < 4.78 is 11.0. The molecule has 0 aromatic heterocycles. The Balaban J connectivity index is 1.41. The van der Waals surface area contributed by atoms with Crippen LogP contribution in [0.25, 0.3) is 0 Å². The molecule has 1 unspecified atom stereocenters. The first-order chi connectivity index (χ1) is 9.16. The molecule has 104 valence electrons. The van der Waals surface area contributed by atoms with E-state index in [1.165, 1.54) is 19.3 Å². The highest BCUT2D eigenvalue weighted by Crippen LogP contribution is 2.57. The van der Waals surface area contributed by atoms with Crippen molar-refractivity contribution in [2.45, 2.75) is 32.3 Å². The van der Waals surface area contributed by atoms with Crippen LogP contribution in [0.2, 0.25) is 0 Å². The summed E-state index contributed by atoms with van der Waals surface area (Å²) >= 11 is 0. The van der Waals surface area contributed by atoms with Crippen LogP contribution in [0.3, 0.4) is 0 Å². The van der Waals surface area contributed by atoms with E-state index in [1.54, 1.807) is 6.92 Å². The second-order valence-corrected chi connectivity index (χ2v) is 6.13. The highest BCUT2D eigenvalue weighted by Gasteiger charge is 2.52. The number of allylic oxidation sites excluding steroid dienone is 2. The van der Waals surface area contributed by atoms with Crippen molar-refractivity contribution in [1.82, 2.24) is 0 Å². The molecule has 2 fully saturated rings. The van der Waals surface area contributed by atoms with Crippen molar-refractivity contribution in [3.8, 4) is 0 Å². The van der Waals surface area contributed by atoms with E-state index in [2.05, 4.69) is 18.7 Å². The molecule has 2 bridgehead atoms. The smallest absolute Gasteiger partial charge is 0.333 e. The number of carbonyl (C=O) groups is 1. The number of ether oxygens (including phenoxy) is 2. The average molecular weight is 262 g/mol. The molecule has 0 aliphatic heterocycles. The molecule has 19 heavy (non-hydrogen) atoms. The first-order valence-corrected chi connectivity index (χ1v) is 7.27. The van der Waals surface area contributed by atoms with E-state index in [-0.39, 0.29) is 5.97 Å². The number of carbonyl (C=O) groups excluding carboxylic acids is 1. The Morgan fingerprint density at radius 1 is 1.32 bits per heavy atom. The van der Waals surface area contributed by atoms with Crippen LogP contribution in [0.1, 0.15) is 26.2 Å². The minimum atomic E-state index is -0.323. The molecule has 3 aliphatic rings. The molecule has 0 radical (unpaired) electrons. The quantitative estimate of drug-likeness (QED) is 0.331. The minimum absolute atomic E-state index is 0.323. The number of hydrogen-bond donors (Lipinski definition) is 0. The van der Waals surface area contributed by atoms with Crippen molar-refractivity contribution >= 4 is 5.97 Å². The van der Waals surface area contributed by atoms with Crippen molar-refractivity contribution in [1.29, 1.82) is 0 Å². The van der Waals surface area contributed by atoms with Gasteiger partial charge in [0.15, 0.2) is 0 Å². The molecule has 0 amide bonds. The summed E-state index contributed by atoms with van der Waals surface area (Å²) in [4.78, 5) is 11.2. The van der Waals surface area contributed by atoms with Crippen LogP contribution >= 0.6 is 0 Å². The predicted molar refractivity (Wildman–Crippen MR) is 72.5 cm³/mol. The maximum atomic E-state index is 11.2. The lowest BCUT2D eigenvalue weighted by Crippen LogP contribution is -2.31. The van der Waals surface area contributed by atoms with Crippen molar-refractivity contribution in [3.05, 3.63) is 24.3 Å². The molecule has 3 heteroatoms. The van der Waals surface area contributed by atoms with E-state index in [0.717, 1.165) is 23.7 Å². The van der Waals surface area contributed by atoms with Crippen LogP contribution in [-0.4, -0.2) is 25.3 Å². The van der Waals surface area contributed by atoms with E-state index < -0.39 is 0 Å². The van der Waals surface area contributed by atoms with Gasteiger partial charge in [-0.25, -0.2) is 4.79 Å². The Morgan fingerprint density at radius 3 is 2.95 bits per heavy atom. The molecule has 0 heterocycles. The highest BCUT2D eigenvalue weighted by molar-refractivity contribution is 5.86. The maximum Gasteiger partial charge on any atom is 0.333 e. The monoisotopic (exact) mass is 262 g/mol. The SMILES string of the molecule is C=C(C)C(=O)OCCOC1C[C@H]2C[C@@H]1[C@H]1CC=C[C@@H]21. The van der Waals surface area contributed by atoms with E-state index in [4.69, 9.17) is 9.47 Å². The third-order valence-electron chi connectivity index (χ3n) is 4.94. The molecule has 3 aliphatic carbocycles. The number of rotatable bonds is 5. The van der Waals surface area contributed by atoms with Crippen LogP contribution < -0.4 is 0 Å². The number of hydrogen-bond acceptors (Lipinski definition) is 3. The Morgan fingerprint density at radius 2 is 2.16 bits per heavy atom. The fraction of sp³-hybridized carbons (Fsp3) is 0.688. The zero-order valence-corrected chi connectivity index (χ0v) is 11.5. The summed E-state index contributed by atoms with van der Waals surface area (Å²) in [6.45, 7) is 6.07. The minimum Gasteiger partial charge on any atom is -0.460 e. The van der Waals surface area contributed by atoms with Crippen molar-refractivity contribution in [2.75, 3.05) is 13.2 Å². The molecule has 3 nitrogen and oxygen atoms in total. The Bertz CT molecular complexity index is 412. The Labute approximate surface area is 114 Å². The van der Waals surface area contributed by atoms with Crippen LogP contribution in [0.15, 0.2) is 24.3 Å². The average Bonchev–Trinajstić information content (AvgIpc) is 3.05. The molecular formula is C16H22O3. The van der Waals surface area contributed by atoms with E-state index in [1.807, 2.05) is 0 Å². The fourth-order valence-electron chi connectivity index (χ4n) is 4.14. The highest BCUT2D eigenvalue weighted by atomic mass is 16.6. The molecule has 0 N–H and O–H groups in total. The lowest BCUT2D eigenvalue weighted by atomic mass is 9.80. The van der Waals surface area contributed by atoms with Gasteiger partial charge in [0.2, 0.25) is 0 Å². The van der Waals surface area contributed by atoms with E-state index in [9.17, 15) is 4.79 Å². The fourth-order valence-corrected chi connectivity index (χ4v) is 4.14. The maximum absolute atomic E-state index is 11.2. The first kappa shape index (κ1) is 12.9. The van der Waals surface area contributed by atoms with Crippen LogP contribution in [-0.2, 0) is 14.3 Å². The predicted octanol–water partition coefficient (Wildman–Crippen LogP) is 2.72. The standard InChI is InChI=1S/C16H22O3/c1-10(2)16(17)19-7-6-18-15-9-11-8-14(15)13-5-3-4-12(11)13/h3-4,11-15H,1,5-9H2,2H3/t11-,12+,13+,14-,15?/m1/s1. The summed E-state index contributed by atoms with van der Waals surface area (Å²) in [5.41, 5.74) is 0.444. The van der Waals surface area contributed by atoms with Gasteiger partial charge in [-0.1, -0.05) is 18.7 Å². The van der Waals surface area contributed by atoms with Gasteiger partial charge in [0.25, 0.3) is 0 Å². The van der Waals surface area contributed by atoms with Crippen LogP contribution in [0.5, 0.6) is 0 Å². The lowest BCUT2D eigenvalue weighted by Gasteiger charge is -2.31. The Kier molecular flexibility index (Phi) is 3.48. The van der Waals surface area contributed by atoms with Crippen LogP contribution in [0.4, 0.5) is 0 Å². The number of fused-ring (bicyclic) bond motifs is 5. The lowest BCUT2D eigenvalue weighted by molar-refractivity contribution is -0.141. The van der Waals surface area contributed by atoms with Crippen molar-refractivity contribution < 1.29 is 14.3 Å². The second-order valence-electron chi connectivity index (χ2n) is 6.13. The third-order valence-corrected chi connectivity index (χ3v) is 4.94. The summed E-state index contributed by atoms with van der Waals surface area (Å²) in [6.07, 6.45) is 8.89. The van der Waals surface area contributed by atoms with Gasteiger partial charge in [-0.3, -0.25) is 0 Å². The van der Waals surface area contributed by atoms with Gasteiger partial charge in [0.05, 0.1) is 12.7 Å². The van der Waals surface area contributed by atoms with Gasteiger partial charge in [-0.05, 0) is 49.9 Å². The molecule has 5 atom stereocenters. The zero-order valence-electron chi connectivity index (χ0n) is 11.5. The first-order valence-electron chi connectivity index (χ1n) is 7.27. The molecule has 0 aromatic rings. The summed E-state index contributed by atoms with van der Waals surface area (Å²) in [5, 5.41) is 0. The van der Waals surface area contributed by atoms with Gasteiger partial charge in [0.1, 0.15) is 6.61 Å². The van der Waals surface area contributed by atoms with E-state index >= 15 is 0 Å². The normalized spacial score (nSPS) is 38.5. The van der Waals surface area contributed by atoms with Crippen molar-refractivity contribution in [2.24, 2.45) is 23.7 Å². The summed E-state index contributed by atoms with van der Waals surface area (Å²) in [7, 11) is 0. The largest absolute Gasteiger partial charge is 0.460 e. The third kappa shape index (κ3) is 2.36. The van der Waals surface area contributed by atoms with Gasteiger partial charge < -0.3 is 9.47 Å². The van der Waals surface area contributed by atoms with Gasteiger partial charge >= 0.3 is 5.97 Å². The van der Waals surface area contributed by atoms with Gasteiger partial charge in [-0.15, -0.1) is 0 Å². The van der Waals surface area contributed by atoms with Crippen LogP contribution in [0, 0.1) is 23.7 Å². The Hall–Kier alpha value is -1.09. The van der Waals surface area contributed by atoms with E-state index in [0.29, 0.717) is 24.9 Å². The molecule has 0 saturated heterocycles. The topological polar surface area (TPSA) is 35.5 Å². The molecular weight excluding hydrogens is 240 g/mol. The number of esters is 1. The summed E-state index contributed by atoms with van der Waals surface area (Å²) in [6, 6.07) is 0. The molecule has 2 saturated carbocycles. The summed E-state index contributed by atoms with van der Waals surface area (Å²) in [5.74, 6) is 2.88. The second kappa shape index (κ2) is 5.12. The molecule has 0 spiro atoms. The molecule has 0 aromatic carbocycles. The van der Waals surface area contributed by atoms with Crippen molar-refractivity contribution in [3.63, 3.8) is 0 Å². The van der Waals surface area contributed by atoms with Gasteiger partial charge in [-0.2, -0.15) is 0 Å². The molecule has 3 rings (SSSR count). The zero-order chi connectivity index (χ0) is 13.4.